The van der Waals surface area contributed by atoms with Crippen molar-refractivity contribution in [2.45, 2.75) is 32.6 Å². The predicted octanol–water partition coefficient (Wildman–Crippen LogP) is 2.47. The van der Waals surface area contributed by atoms with E-state index < -0.39 is 0 Å². The Kier molecular flexibility index (Phi) is 4.61. The molecule has 1 spiro atoms. The van der Waals surface area contributed by atoms with E-state index in [1.54, 1.807) is 13.4 Å². The summed E-state index contributed by atoms with van der Waals surface area (Å²) in [5.74, 6) is 2.61. The van der Waals surface area contributed by atoms with Gasteiger partial charge >= 0.3 is 0 Å². The molecule has 0 aliphatic carbocycles. The first-order chi connectivity index (χ1) is 12.7. The minimum atomic E-state index is 0.461. The lowest BCUT2D eigenvalue weighted by atomic mass is 9.71. The highest BCUT2D eigenvalue weighted by molar-refractivity contribution is 5.42. The Labute approximate surface area is 154 Å². The second-order valence-electron chi connectivity index (χ2n) is 7.43. The Balaban J connectivity index is 1.35. The molecule has 2 aromatic heterocycles. The number of hydrogen-bond acceptors (Lipinski definition) is 7. The summed E-state index contributed by atoms with van der Waals surface area (Å²) in [4.78, 5) is 13.2. The van der Waals surface area contributed by atoms with Gasteiger partial charge in [-0.15, -0.1) is 5.10 Å². The fraction of sp³-hybridized carbons (Fsp3) is 0.579. The van der Waals surface area contributed by atoms with Gasteiger partial charge in [-0.25, -0.2) is 9.97 Å². The standard InChI is InChI=1S/C19H26N6O/c1-15-3-4-16(23-22-15)24-9-5-19(6-10-24)7-11-25(12-8-19)17-13-18(26-2)21-14-20-17/h3-4,13-14H,5-12H2,1-2H3. The summed E-state index contributed by atoms with van der Waals surface area (Å²) in [5, 5.41) is 8.54. The summed E-state index contributed by atoms with van der Waals surface area (Å²) >= 11 is 0. The molecule has 0 amide bonds. The minimum Gasteiger partial charge on any atom is -0.481 e. The van der Waals surface area contributed by atoms with Gasteiger partial charge in [-0.05, 0) is 50.2 Å². The highest BCUT2D eigenvalue weighted by Gasteiger charge is 2.38. The molecular weight excluding hydrogens is 328 g/mol. The smallest absolute Gasteiger partial charge is 0.218 e. The summed E-state index contributed by atoms with van der Waals surface area (Å²) in [6.45, 7) is 6.20. The third-order valence-electron chi connectivity index (χ3n) is 5.92. The van der Waals surface area contributed by atoms with Gasteiger partial charge in [0.25, 0.3) is 0 Å². The summed E-state index contributed by atoms with van der Waals surface area (Å²) in [7, 11) is 1.64. The Hall–Kier alpha value is -2.44. The van der Waals surface area contributed by atoms with Gasteiger partial charge in [0.2, 0.25) is 5.88 Å². The monoisotopic (exact) mass is 354 g/mol. The lowest BCUT2D eigenvalue weighted by molar-refractivity contribution is 0.166. The van der Waals surface area contributed by atoms with Crippen LogP contribution in [0.3, 0.4) is 0 Å². The molecule has 138 valence electrons. The van der Waals surface area contributed by atoms with E-state index in [-0.39, 0.29) is 0 Å². The van der Waals surface area contributed by atoms with E-state index in [9.17, 15) is 0 Å². The summed E-state index contributed by atoms with van der Waals surface area (Å²) in [6, 6.07) is 6.06. The van der Waals surface area contributed by atoms with Gasteiger partial charge < -0.3 is 14.5 Å². The molecule has 2 aromatic rings. The van der Waals surface area contributed by atoms with Crippen LogP contribution in [0.1, 0.15) is 31.4 Å². The largest absolute Gasteiger partial charge is 0.481 e. The maximum absolute atomic E-state index is 5.22. The average Bonchev–Trinajstić information content (AvgIpc) is 2.70. The van der Waals surface area contributed by atoms with E-state index in [1.807, 2.05) is 19.1 Å². The molecule has 4 heterocycles. The van der Waals surface area contributed by atoms with Crippen LogP contribution >= 0.6 is 0 Å². The number of methoxy groups -OCH3 is 1. The molecule has 0 N–H and O–H groups in total. The van der Waals surface area contributed by atoms with Crippen molar-refractivity contribution in [2.75, 3.05) is 43.1 Å². The molecule has 7 heteroatoms. The van der Waals surface area contributed by atoms with Crippen LogP contribution in [0.2, 0.25) is 0 Å². The maximum Gasteiger partial charge on any atom is 0.218 e. The van der Waals surface area contributed by atoms with Crippen LogP contribution in [0.5, 0.6) is 5.88 Å². The number of piperidine rings is 2. The molecular formula is C19H26N6O. The topological polar surface area (TPSA) is 67.3 Å². The Bertz CT molecular complexity index is 732. The summed E-state index contributed by atoms with van der Waals surface area (Å²) < 4.78 is 5.22. The fourth-order valence-corrected chi connectivity index (χ4v) is 4.10. The first-order valence-corrected chi connectivity index (χ1v) is 9.34. The van der Waals surface area contributed by atoms with Gasteiger partial charge in [0, 0.05) is 32.2 Å². The normalized spacial score (nSPS) is 19.6. The number of anilines is 2. The average molecular weight is 354 g/mol. The molecule has 2 aliphatic rings. The second-order valence-corrected chi connectivity index (χ2v) is 7.43. The first-order valence-electron chi connectivity index (χ1n) is 9.34. The van der Waals surface area contributed by atoms with Crippen LogP contribution in [-0.2, 0) is 0 Å². The van der Waals surface area contributed by atoms with Gasteiger partial charge in [-0.3, -0.25) is 0 Å². The van der Waals surface area contributed by atoms with Crippen LogP contribution in [0, 0.1) is 12.3 Å². The molecule has 0 radical (unpaired) electrons. The molecule has 4 rings (SSSR count). The van der Waals surface area contributed by atoms with Crippen molar-refractivity contribution < 1.29 is 4.74 Å². The molecule has 2 aliphatic heterocycles. The molecule has 0 aromatic carbocycles. The molecule has 0 saturated carbocycles. The minimum absolute atomic E-state index is 0.461. The maximum atomic E-state index is 5.22. The third-order valence-corrected chi connectivity index (χ3v) is 5.92. The number of ether oxygens (including phenoxy) is 1. The number of hydrogen-bond donors (Lipinski definition) is 0. The van der Waals surface area contributed by atoms with Crippen LogP contribution < -0.4 is 14.5 Å². The lowest BCUT2D eigenvalue weighted by Gasteiger charge is -2.47. The van der Waals surface area contributed by atoms with Gasteiger partial charge in [0.1, 0.15) is 12.1 Å². The van der Waals surface area contributed by atoms with E-state index in [0.717, 1.165) is 43.5 Å². The number of rotatable bonds is 3. The van der Waals surface area contributed by atoms with Crippen LogP contribution in [0.25, 0.3) is 0 Å². The zero-order valence-corrected chi connectivity index (χ0v) is 15.6. The number of aromatic nitrogens is 4. The van der Waals surface area contributed by atoms with E-state index in [2.05, 4.69) is 36.0 Å². The van der Waals surface area contributed by atoms with E-state index in [1.165, 1.54) is 25.7 Å². The highest BCUT2D eigenvalue weighted by atomic mass is 16.5. The second kappa shape index (κ2) is 7.05. The third kappa shape index (κ3) is 3.43. The molecule has 26 heavy (non-hydrogen) atoms. The molecule has 0 unspecified atom stereocenters. The van der Waals surface area contributed by atoms with Crippen molar-refractivity contribution in [3.8, 4) is 5.88 Å². The zero-order chi connectivity index (χ0) is 18.0. The predicted molar refractivity (Wildman–Crippen MR) is 101 cm³/mol. The fourth-order valence-electron chi connectivity index (χ4n) is 4.10. The Morgan fingerprint density at radius 2 is 1.54 bits per heavy atom. The van der Waals surface area contributed by atoms with Crippen LogP contribution in [0.15, 0.2) is 24.5 Å². The zero-order valence-electron chi connectivity index (χ0n) is 15.6. The van der Waals surface area contributed by atoms with Crippen molar-refractivity contribution in [1.29, 1.82) is 0 Å². The molecule has 2 fully saturated rings. The van der Waals surface area contributed by atoms with Crippen molar-refractivity contribution >= 4 is 11.6 Å². The van der Waals surface area contributed by atoms with Gasteiger partial charge in [-0.1, -0.05) is 0 Å². The molecule has 0 atom stereocenters. The Morgan fingerprint density at radius 1 is 0.885 bits per heavy atom. The molecule has 7 nitrogen and oxygen atoms in total. The molecule has 0 bridgehead atoms. The first kappa shape index (κ1) is 17.0. The van der Waals surface area contributed by atoms with Gasteiger partial charge in [0.15, 0.2) is 5.82 Å². The lowest BCUT2D eigenvalue weighted by Crippen LogP contribution is -2.47. The van der Waals surface area contributed by atoms with Crippen LogP contribution in [-0.4, -0.2) is 53.5 Å². The summed E-state index contributed by atoms with van der Waals surface area (Å²) in [6.07, 6.45) is 6.46. The van der Waals surface area contributed by atoms with E-state index in [4.69, 9.17) is 4.74 Å². The molecule has 2 saturated heterocycles. The van der Waals surface area contributed by atoms with Gasteiger partial charge in [-0.2, -0.15) is 5.10 Å². The number of aryl methyl sites for hydroxylation is 1. The highest BCUT2D eigenvalue weighted by Crippen LogP contribution is 2.42. The quantitative estimate of drug-likeness (QED) is 0.839. The van der Waals surface area contributed by atoms with Gasteiger partial charge in [0.05, 0.1) is 12.8 Å². The SMILES string of the molecule is COc1cc(N2CCC3(CC2)CCN(c2ccc(C)nn2)CC3)ncn1. The van der Waals surface area contributed by atoms with Crippen molar-refractivity contribution in [3.05, 3.63) is 30.2 Å². The van der Waals surface area contributed by atoms with E-state index >= 15 is 0 Å². The Morgan fingerprint density at radius 3 is 2.12 bits per heavy atom. The van der Waals surface area contributed by atoms with Crippen LogP contribution in [0.4, 0.5) is 11.6 Å². The van der Waals surface area contributed by atoms with Crippen molar-refractivity contribution in [2.24, 2.45) is 5.41 Å². The number of nitrogens with zero attached hydrogens (tertiary/aromatic N) is 6. The van der Waals surface area contributed by atoms with E-state index in [0.29, 0.717) is 11.3 Å². The van der Waals surface area contributed by atoms with Crippen molar-refractivity contribution in [3.63, 3.8) is 0 Å². The van der Waals surface area contributed by atoms with Crippen molar-refractivity contribution in [1.82, 2.24) is 20.2 Å². The summed E-state index contributed by atoms with van der Waals surface area (Å²) in [5.41, 5.74) is 1.43.